The van der Waals surface area contributed by atoms with E-state index in [4.69, 9.17) is 14.2 Å². The highest BCUT2D eigenvalue weighted by molar-refractivity contribution is 5.93. The first-order valence-corrected chi connectivity index (χ1v) is 10.7. The molecule has 2 rings (SSSR count). The van der Waals surface area contributed by atoms with Gasteiger partial charge in [-0.3, -0.25) is 4.79 Å². The predicted octanol–water partition coefficient (Wildman–Crippen LogP) is 3.61. The van der Waals surface area contributed by atoms with Gasteiger partial charge in [-0.05, 0) is 61.2 Å². The van der Waals surface area contributed by atoms with E-state index in [1.165, 1.54) is 0 Å². The van der Waals surface area contributed by atoms with E-state index in [0.29, 0.717) is 36.8 Å². The average molecular weight is 444 g/mol. The van der Waals surface area contributed by atoms with Gasteiger partial charge in [0.1, 0.15) is 11.8 Å². The lowest BCUT2D eigenvalue weighted by Crippen LogP contribution is -2.51. The Morgan fingerprint density at radius 2 is 1.66 bits per heavy atom. The van der Waals surface area contributed by atoms with Gasteiger partial charge in [0.05, 0.1) is 20.8 Å². The maximum absolute atomic E-state index is 12.7. The maximum Gasteiger partial charge on any atom is 0.319 e. The molecule has 8 nitrogen and oxygen atoms in total. The van der Waals surface area contributed by atoms with E-state index in [2.05, 4.69) is 16.0 Å². The first-order valence-electron chi connectivity index (χ1n) is 10.7. The summed E-state index contributed by atoms with van der Waals surface area (Å²) in [6.07, 6.45) is 0.620. The van der Waals surface area contributed by atoms with Gasteiger partial charge in [0.2, 0.25) is 5.91 Å². The minimum absolute atomic E-state index is 0.0813. The van der Waals surface area contributed by atoms with Gasteiger partial charge in [-0.25, -0.2) is 4.79 Å². The molecule has 174 valence electrons. The number of anilines is 1. The van der Waals surface area contributed by atoms with Crippen LogP contribution < -0.4 is 30.2 Å². The number of carbonyl (C=O) groups is 2. The van der Waals surface area contributed by atoms with Gasteiger partial charge < -0.3 is 30.2 Å². The van der Waals surface area contributed by atoms with Crippen LogP contribution in [0.3, 0.4) is 0 Å². The molecule has 2 aromatic carbocycles. The van der Waals surface area contributed by atoms with E-state index in [0.717, 1.165) is 11.3 Å². The largest absolute Gasteiger partial charge is 0.494 e. The first kappa shape index (κ1) is 24.8. The van der Waals surface area contributed by atoms with Gasteiger partial charge in [0, 0.05) is 12.2 Å². The van der Waals surface area contributed by atoms with Crippen molar-refractivity contribution in [2.75, 3.05) is 32.7 Å². The molecular formula is C24H33N3O5. The van der Waals surface area contributed by atoms with E-state index in [9.17, 15) is 9.59 Å². The Bertz CT molecular complexity index is 884. The molecule has 0 spiro atoms. The lowest BCUT2D eigenvalue weighted by atomic mass is 10.0. The first-order chi connectivity index (χ1) is 15.4. The van der Waals surface area contributed by atoms with Crippen molar-refractivity contribution in [3.63, 3.8) is 0 Å². The van der Waals surface area contributed by atoms with Crippen LogP contribution >= 0.6 is 0 Å². The summed E-state index contributed by atoms with van der Waals surface area (Å²) in [6, 6.07) is 11.6. The van der Waals surface area contributed by atoms with Gasteiger partial charge in [0.15, 0.2) is 11.5 Å². The van der Waals surface area contributed by atoms with Gasteiger partial charge in [-0.15, -0.1) is 0 Å². The number of carbonyl (C=O) groups excluding carboxylic acids is 2. The summed E-state index contributed by atoms with van der Waals surface area (Å²) in [7, 11) is 3.17. The Labute approximate surface area is 189 Å². The number of ether oxygens (including phenoxy) is 3. The molecule has 0 aliphatic rings. The minimum Gasteiger partial charge on any atom is -0.494 e. The second-order valence-corrected chi connectivity index (χ2v) is 7.51. The van der Waals surface area contributed by atoms with Crippen LogP contribution in [0.1, 0.15) is 26.3 Å². The Hall–Kier alpha value is -3.42. The number of hydrogen-bond donors (Lipinski definition) is 3. The molecule has 0 aromatic heterocycles. The number of hydrogen-bond acceptors (Lipinski definition) is 5. The number of nitrogens with one attached hydrogen (secondary N) is 3. The number of rotatable bonds is 11. The van der Waals surface area contributed by atoms with Crippen LogP contribution in [-0.2, 0) is 11.2 Å². The van der Waals surface area contributed by atoms with Gasteiger partial charge >= 0.3 is 6.03 Å². The molecular weight excluding hydrogens is 410 g/mol. The molecule has 0 bridgehead atoms. The molecule has 0 saturated heterocycles. The normalized spacial score (nSPS) is 11.4. The third-order valence-electron chi connectivity index (χ3n) is 4.82. The summed E-state index contributed by atoms with van der Waals surface area (Å²) in [4.78, 5) is 25.1. The molecule has 0 radical (unpaired) electrons. The van der Waals surface area contributed by atoms with Gasteiger partial charge in [0.25, 0.3) is 0 Å². The van der Waals surface area contributed by atoms with Crippen LogP contribution in [0.25, 0.3) is 0 Å². The fourth-order valence-electron chi connectivity index (χ4n) is 3.12. The molecule has 1 unspecified atom stereocenters. The van der Waals surface area contributed by atoms with Crippen molar-refractivity contribution in [3.8, 4) is 17.2 Å². The SMILES string of the molecule is CCOc1ccc(NC(=O)NC(C(=O)NCCc2ccc(OC)c(OC)c2)C(C)C)cc1. The fraction of sp³-hybridized carbons (Fsp3) is 0.417. The van der Waals surface area contributed by atoms with Crippen LogP contribution in [-0.4, -0.2) is 45.4 Å². The third-order valence-corrected chi connectivity index (χ3v) is 4.82. The zero-order valence-electron chi connectivity index (χ0n) is 19.4. The van der Waals surface area contributed by atoms with Gasteiger partial charge in [-0.1, -0.05) is 19.9 Å². The fourth-order valence-corrected chi connectivity index (χ4v) is 3.12. The highest BCUT2D eigenvalue weighted by Crippen LogP contribution is 2.27. The number of methoxy groups -OCH3 is 2. The second-order valence-electron chi connectivity index (χ2n) is 7.51. The molecule has 0 fully saturated rings. The summed E-state index contributed by atoms with van der Waals surface area (Å²) < 4.78 is 15.9. The topological polar surface area (TPSA) is 97.9 Å². The molecule has 0 saturated carbocycles. The lowest BCUT2D eigenvalue weighted by molar-refractivity contribution is -0.123. The lowest BCUT2D eigenvalue weighted by Gasteiger charge is -2.22. The van der Waals surface area contributed by atoms with Crippen LogP contribution in [0.5, 0.6) is 17.2 Å². The van der Waals surface area contributed by atoms with Crippen LogP contribution in [0.15, 0.2) is 42.5 Å². The summed E-state index contributed by atoms with van der Waals surface area (Å²) >= 11 is 0. The molecule has 2 aromatic rings. The average Bonchev–Trinajstić information content (AvgIpc) is 2.78. The van der Waals surface area contributed by atoms with E-state index < -0.39 is 12.1 Å². The van der Waals surface area contributed by atoms with Crippen molar-refractivity contribution in [1.29, 1.82) is 0 Å². The minimum atomic E-state index is -0.664. The standard InChI is InChI=1S/C24H33N3O5/c1-6-32-19-10-8-18(9-11-19)26-24(29)27-22(16(2)3)23(28)25-14-13-17-7-12-20(30-4)21(15-17)31-5/h7-12,15-16,22H,6,13-14H2,1-5H3,(H,25,28)(H2,26,27,29). The quantitative estimate of drug-likeness (QED) is 0.493. The Morgan fingerprint density at radius 3 is 2.25 bits per heavy atom. The van der Waals surface area contributed by atoms with Crippen molar-refractivity contribution in [2.45, 2.75) is 33.2 Å². The number of urea groups is 1. The summed E-state index contributed by atoms with van der Waals surface area (Å²) in [5, 5.41) is 8.40. The Kier molecular flexibility index (Phi) is 9.66. The summed E-state index contributed by atoms with van der Waals surface area (Å²) in [6.45, 7) is 6.68. The van der Waals surface area contributed by atoms with Crippen LogP contribution in [0, 0.1) is 5.92 Å². The highest BCUT2D eigenvalue weighted by Gasteiger charge is 2.24. The molecule has 32 heavy (non-hydrogen) atoms. The third kappa shape index (κ3) is 7.37. The van der Waals surface area contributed by atoms with E-state index in [1.807, 2.05) is 39.0 Å². The zero-order chi connectivity index (χ0) is 23.5. The van der Waals surface area contributed by atoms with E-state index in [1.54, 1.807) is 38.5 Å². The van der Waals surface area contributed by atoms with Crippen LogP contribution in [0.2, 0.25) is 0 Å². The molecule has 0 aliphatic heterocycles. The number of benzene rings is 2. The monoisotopic (exact) mass is 443 g/mol. The Balaban J connectivity index is 1.88. The molecule has 3 amide bonds. The zero-order valence-corrected chi connectivity index (χ0v) is 19.4. The van der Waals surface area contributed by atoms with E-state index in [-0.39, 0.29) is 11.8 Å². The molecule has 8 heteroatoms. The molecule has 0 heterocycles. The van der Waals surface area contributed by atoms with Crippen molar-refractivity contribution in [3.05, 3.63) is 48.0 Å². The van der Waals surface area contributed by atoms with Crippen molar-refractivity contribution >= 4 is 17.6 Å². The second kappa shape index (κ2) is 12.4. The highest BCUT2D eigenvalue weighted by atomic mass is 16.5. The van der Waals surface area contributed by atoms with Crippen molar-refractivity contribution in [2.24, 2.45) is 5.92 Å². The summed E-state index contributed by atoms with van der Waals surface area (Å²) in [5.41, 5.74) is 1.62. The maximum atomic E-state index is 12.7. The predicted molar refractivity (Wildman–Crippen MR) is 125 cm³/mol. The molecule has 1 atom stereocenters. The molecule has 3 N–H and O–H groups in total. The smallest absolute Gasteiger partial charge is 0.319 e. The summed E-state index contributed by atoms with van der Waals surface area (Å²) in [5.74, 6) is 1.71. The Morgan fingerprint density at radius 1 is 0.969 bits per heavy atom. The molecule has 0 aliphatic carbocycles. The number of amides is 3. The van der Waals surface area contributed by atoms with E-state index >= 15 is 0 Å². The van der Waals surface area contributed by atoms with Gasteiger partial charge in [-0.2, -0.15) is 0 Å². The van der Waals surface area contributed by atoms with Crippen LogP contribution in [0.4, 0.5) is 10.5 Å². The van der Waals surface area contributed by atoms with Crippen molar-refractivity contribution in [1.82, 2.24) is 10.6 Å². The van der Waals surface area contributed by atoms with Crippen molar-refractivity contribution < 1.29 is 23.8 Å².